The van der Waals surface area contributed by atoms with Gasteiger partial charge in [-0.3, -0.25) is 4.90 Å². The van der Waals surface area contributed by atoms with Crippen molar-refractivity contribution in [2.24, 2.45) is 0 Å². The van der Waals surface area contributed by atoms with E-state index in [0.717, 1.165) is 76.7 Å². The average molecular weight is 551 g/mol. The van der Waals surface area contributed by atoms with Crippen LogP contribution in [-0.2, 0) is 13.1 Å². The van der Waals surface area contributed by atoms with E-state index in [1.54, 1.807) is 26.5 Å². The number of nitrogens with one attached hydrogen (secondary N) is 1. The van der Waals surface area contributed by atoms with Crippen molar-refractivity contribution < 1.29 is 9.47 Å². The zero-order valence-electron chi connectivity index (χ0n) is 23.2. The first-order valence-corrected chi connectivity index (χ1v) is 14.2. The van der Waals surface area contributed by atoms with Crippen LogP contribution in [-0.4, -0.2) is 73.3 Å². The number of likely N-dealkylation sites (N-methyl/N-ethyl adjacent to an activating group) is 1. The van der Waals surface area contributed by atoms with Gasteiger partial charge in [0.05, 0.1) is 14.2 Å². The van der Waals surface area contributed by atoms with Crippen LogP contribution >= 0.6 is 11.6 Å². The molecule has 208 valence electrons. The van der Waals surface area contributed by atoms with E-state index in [1.165, 1.54) is 22.4 Å². The van der Waals surface area contributed by atoms with Crippen LogP contribution < -0.4 is 19.7 Å². The molecule has 0 unspecified atom stereocenters. The number of aromatic nitrogens is 2. The van der Waals surface area contributed by atoms with Crippen LogP contribution in [0.25, 0.3) is 0 Å². The number of hydrogen-bond donors (Lipinski definition) is 1. The Bertz CT molecular complexity index is 1250. The third-order valence-electron chi connectivity index (χ3n) is 7.94. The van der Waals surface area contributed by atoms with E-state index >= 15 is 0 Å². The number of anilines is 2. The quantitative estimate of drug-likeness (QED) is 0.257. The van der Waals surface area contributed by atoms with E-state index in [-0.39, 0.29) is 6.04 Å². The van der Waals surface area contributed by atoms with E-state index in [9.17, 15) is 0 Å². The van der Waals surface area contributed by atoms with Gasteiger partial charge in [0.2, 0.25) is 5.95 Å². The molecule has 1 fully saturated rings. The lowest BCUT2D eigenvalue weighted by Gasteiger charge is -2.36. The highest BCUT2D eigenvalue weighted by Gasteiger charge is 2.30. The highest BCUT2D eigenvalue weighted by Crippen LogP contribution is 2.40. The van der Waals surface area contributed by atoms with Crippen molar-refractivity contribution in [3.63, 3.8) is 0 Å². The SMILES string of the molecule is CCN1CCN(c2cccc3c2CN([C@H](CCCNc2nccc(Cl)n2)c2ccc(OC)c(OC)c2)C3)CC1. The molecule has 0 radical (unpaired) electrons. The predicted octanol–water partition coefficient (Wildman–Crippen LogP) is 5.24. The van der Waals surface area contributed by atoms with Gasteiger partial charge in [-0.2, -0.15) is 0 Å². The van der Waals surface area contributed by atoms with Gasteiger partial charge in [0.25, 0.3) is 0 Å². The summed E-state index contributed by atoms with van der Waals surface area (Å²) in [4.78, 5) is 16.2. The van der Waals surface area contributed by atoms with Gasteiger partial charge in [0.15, 0.2) is 11.5 Å². The van der Waals surface area contributed by atoms with Crippen molar-refractivity contribution in [1.82, 2.24) is 19.8 Å². The van der Waals surface area contributed by atoms with Crippen molar-refractivity contribution in [3.05, 3.63) is 70.5 Å². The third kappa shape index (κ3) is 6.40. The van der Waals surface area contributed by atoms with Crippen LogP contribution in [0.15, 0.2) is 48.7 Å². The molecular formula is C30H39ClN6O2. The van der Waals surface area contributed by atoms with Crippen molar-refractivity contribution >= 4 is 23.2 Å². The fourth-order valence-electron chi connectivity index (χ4n) is 5.79. The third-order valence-corrected chi connectivity index (χ3v) is 8.15. The molecule has 0 saturated carbocycles. The maximum absolute atomic E-state index is 6.03. The van der Waals surface area contributed by atoms with Crippen molar-refractivity contribution in [2.75, 3.05) is 63.7 Å². The van der Waals surface area contributed by atoms with Crippen LogP contribution in [0.1, 0.15) is 42.5 Å². The Morgan fingerprint density at radius 2 is 1.82 bits per heavy atom. The lowest BCUT2D eigenvalue weighted by molar-refractivity contribution is 0.188. The number of hydrogen-bond acceptors (Lipinski definition) is 8. The average Bonchev–Trinajstić information content (AvgIpc) is 3.41. The minimum Gasteiger partial charge on any atom is -0.493 e. The first-order chi connectivity index (χ1) is 19.1. The number of halogens is 1. The minimum atomic E-state index is 0.226. The van der Waals surface area contributed by atoms with E-state index in [2.05, 4.69) is 67.2 Å². The van der Waals surface area contributed by atoms with Crippen molar-refractivity contribution in [1.29, 1.82) is 0 Å². The van der Waals surface area contributed by atoms with Gasteiger partial charge in [-0.25, -0.2) is 9.97 Å². The molecule has 1 saturated heterocycles. The first kappa shape index (κ1) is 27.5. The number of rotatable bonds is 11. The Labute approximate surface area is 236 Å². The van der Waals surface area contributed by atoms with Gasteiger partial charge < -0.3 is 24.6 Å². The van der Waals surface area contributed by atoms with Crippen LogP contribution in [0, 0.1) is 0 Å². The molecule has 9 heteroatoms. The Balaban J connectivity index is 1.34. The fourth-order valence-corrected chi connectivity index (χ4v) is 5.93. The van der Waals surface area contributed by atoms with E-state index in [1.807, 2.05) is 6.07 Å². The number of piperazine rings is 1. The molecule has 0 aliphatic carbocycles. The number of ether oxygens (including phenoxy) is 2. The lowest BCUT2D eigenvalue weighted by Crippen LogP contribution is -2.46. The normalized spacial score (nSPS) is 16.7. The van der Waals surface area contributed by atoms with Gasteiger partial charge >= 0.3 is 0 Å². The highest BCUT2D eigenvalue weighted by atomic mass is 35.5. The molecule has 1 aromatic heterocycles. The first-order valence-electron chi connectivity index (χ1n) is 13.9. The summed E-state index contributed by atoms with van der Waals surface area (Å²) in [7, 11) is 3.37. The number of benzene rings is 2. The van der Waals surface area contributed by atoms with Crippen LogP contribution in [0.5, 0.6) is 11.5 Å². The summed E-state index contributed by atoms with van der Waals surface area (Å²) in [5.74, 6) is 2.07. The number of fused-ring (bicyclic) bond motifs is 1. The summed E-state index contributed by atoms with van der Waals surface area (Å²) in [5.41, 5.74) is 5.54. The molecule has 2 aliphatic rings. The maximum Gasteiger partial charge on any atom is 0.224 e. The molecule has 0 bridgehead atoms. The minimum absolute atomic E-state index is 0.226. The van der Waals surface area contributed by atoms with Gasteiger partial charge in [-0.05, 0) is 60.3 Å². The molecule has 0 amide bonds. The summed E-state index contributed by atoms with van der Waals surface area (Å²) < 4.78 is 11.2. The van der Waals surface area contributed by atoms with Crippen molar-refractivity contribution in [3.8, 4) is 11.5 Å². The smallest absolute Gasteiger partial charge is 0.224 e. The number of methoxy groups -OCH3 is 2. The Hall–Kier alpha value is -3.07. The highest BCUT2D eigenvalue weighted by molar-refractivity contribution is 6.29. The molecule has 2 aromatic carbocycles. The van der Waals surface area contributed by atoms with E-state index in [4.69, 9.17) is 21.1 Å². The molecule has 3 aromatic rings. The van der Waals surface area contributed by atoms with Gasteiger partial charge in [-0.15, -0.1) is 0 Å². The Morgan fingerprint density at radius 1 is 1.00 bits per heavy atom. The van der Waals surface area contributed by atoms with E-state index in [0.29, 0.717) is 11.1 Å². The summed E-state index contributed by atoms with van der Waals surface area (Å²) in [5, 5.41) is 3.76. The molecule has 5 rings (SSSR count). The molecule has 2 aliphatic heterocycles. The van der Waals surface area contributed by atoms with Gasteiger partial charge in [0, 0.05) is 63.7 Å². The molecule has 1 atom stereocenters. The zero-order valence-corrected chi connectivity index (χ0v) is 24.0. The zero-order chi connectivity index (χ0) is 27.2. The molecule has 0 spiro atoms. The lowest BCUT2D eigenvalue weighted by atomic mass is 9.99. The molecule has 1 N–H and O–H groups in total. The predicted molar refractivity (Wildman–Crippen MR) is 157 cm³/mol. The monoisotopic (exact) mass is 550 g/mol. The summed E-state index contributed by atoms with van der Waals surface area (Å²) >= 11 is 6.03. The Kier molecular flexibility index (Phi) is 9.06. The fraction of sp³-hybridized carbons (Fsp3) is 0.467. The number of nitrogens with zero attached hydrogens (tertiary/aromatic N) is 5. The standard InChI is InChI=1S/C30H39ClN6O2/c1-4-35-15-17-36(18-16-35)26-8-5-7-23-20-37(21-24(23)26)25(22-10-11-27(38-2)28(19-22)39-3)9-6-13-32-30-33-14-12-29(31)34-30/h5,7-8,10-12,14,19,25H,4,6,9,13,15-18,20-21H2,1-3H3,(H,32,33,34)/t25-/m1/s1. The second-order valence-corrected chi connectivity index (χ2v) is 10.5. The molecule has 3 heterocycles. The second kappa shape index (κ2) is 12.9. The topological polar surface area (TPSA) is 66.0 Å². The molecule has 39 heavy (non-hydrogen) atoms. The van der Waals surface area contributed by atoms with E-state index < -0.39 is 0 Å². The maximum atomic E-state index is 6.03. The van der Waals surface area contributed by atoms with Crippen LogP contribution in [0.3, 0.4) is 0 Å². The van der Waals surface area contributed by atoms with Gasteiger partial charge in [-0.1, -0.05) is 36.7 Å². The summed E-state index contributed by atoms with van der Waals surface area (Å²) in [6.45, 7) is 10.4. The molecule has 8 nitrogen and oxygen atoms in total. The van der Waals surface area contributed by atoms with Crippen LogP contribution in [0.4, 0.5) is 11.6 Å². The second-order valence-electron chi connectivity index (χ2n) is 10.1. The van der Waals surface area contributed by atoms with Crippen LogP contribution in [0.2, 0.25) is 5.15 Å². The van der Waals surface area contributed by atoms with Gasteiger partial charge in [0.1, 0.15) is 5.15 Å². The summed E-state index contributed by atoms with van der Waals surface area (Å²) in [6, 6.07) is 15.1. The van der Waals surface area contributed by atoms with Crippen molar-refractivity contribution in [2.45, 2.75) is 38.9 Å². The molecular weight excluding hydrogens is 512 g/mol. The Morgan fingerprint density at radius 3 is 2.56 bits per heavy atom. The summed E-state index contributed by atoms with van der Waals surface area (Å²) in [6.07, 6.45) is 3.60. The largest absolute Gasteiger partial charge is 0.493 e.